The van der Waals surface area contributed by atoms with Crippen molar-refractivity contribution >= 4 is 17.7 Å². The second-order valence-corrected chi connectivity index (χ2v) is 10.4. The highest BCUT2D eigenvalue weighted by atomic mass is 16.5. The summed E-state index contributed by atoms with van der Waals surface area (Å²) < 4.78 is 5.27. The van der Waals surface area contributed by atoms with E-state index in [0.29, 0.717) is 18.4 Å². The molecule has 0 N–H and O–H groups in total. The van der Waals surface area contributed by atoms with Crippen molar-refractivity contribution < 1.29 is 14.3 Å². The molecule has 3 aliphatic rings. The Hall–Kier alpha value is -2.34. The Labute approximate surface area is 204 Å². The van der Waals surface area contributed by atoms with Gasteiger partial charge in [-0.15, -0.1) is 6.58 Å². The Morgan fingerprint density at radius 2 is 1.82 bits per heavy atom. The number of esters is 1. The minimum absolute atomic E-state index is 0.0427. The van der Waals surface area contributed by atoms with Crippen molar-refractivity contribution in [1.29, 1.82) is 0 Å². The van der Waals surface area contributed by atoms with Crippen molar-refractivity contribution in [3.63, 3.8) is 0 Å². The lowest BCUT2D eigenvalue weighted by Crippen LogP contribution is -2.41. The highest BCUT2D eigenvalue weighted by Crippen LogP contribution is 2.34. The molecule has 0 unspecified atom stereocenters. The molecule has 0 bridgehead atoms. The summed E-state index contributed by atoms with van der Waals surface area (Å²) in [6.07, 6.45) is 9.67. The number of benzene rings is 1. The van der Waals surface area contributed by atoms with Crippen LogP contribution in [0.2, 0.25) is 0 Å². The van der Waals surface area contributed by atoms with Crippen molar-refractivity contribution in [3.05, 3.63) is 42.0 Å². The molecule has 34 heavy (non-hydrogen) atoms. The SMILES string of the molecule is C=CCN1CCc2ccc(N3CCN(C4CCC(CCC(=O)OC(C)C)CC4)C3=O)cc2CC1. The molecule has 2 amide bonds. The lowest BCUT2D eigenvalue weighted by Gasteiger charge is -2.34. The first-order chi connectivity index (χ1) is 16.4. The van der Waals surface area contributed by atoms with Crippen molar-refractivity contribution in [2.75, 3.05) is 37.6 Å². The van der Waals surface area contributed by atoms with Crippen LogP contribution >= 0.6 is 0 Å². The van der Waals surface area contributed by atoms with Gasteiger partial charge in [0.25, 0.3) is 0 Å². The van der Waals surface area contributed by atoms with Crippen molar-refractivity contribution in [2.45, 2.75) is 77.4 Å². The van der Waals surface area contributed by atoms with Crippen molar-refractivity contribution in [1.82, 2.24) is 9.80 Å². The number of anilines is 1. The van der Waals surface area contributed by atoms with E-state index in [1.807, 2.05) is 24.8 Å². The molecule has 1 saturated heterocycles. The van der Waals surface area contributed by atoms with E-state index in [1.54, 1.807) is 0 Å². The van der Waals surface area contributed by atoms with Gasteiger partial charge in [0.1, 0.15) is 0 Å². The molecule has 4 rings (SSSR count). The number of nitrogens with zero attached hydrogens (tertiary/aromatic N) is 3. The van der Waals surface area contributed by atoms with Gasteiger partial charge in [-0.25, -0.2) is 4.79 Å². The first-order valence-corrected chi connectivity index (χ1v) is 13.2. The van der Waals surface area contributed by atoms with Gasteiger partial charge >= 0.3 is 12.0 Å². The zero-order valence-corrected chi connectivity index (χ0v) is 21.0. The fourth-order valence-electron chi connectivity index (χ4n) is 5.81. The first-order valence-electron chi connectivity index (χ1n) is 13.2. The molecule has 0 radical (unpaired) electrons. The van der Waals surface area contributed by atoms with Crippen LogP contribution in [0.15, 0.2) is 30.9 Å². The predicted molar refractivity (Wildman–Crippen MR) is 136 cm³/mol. The third kappa shape index (κ3) is 6.01. The Balaban J connectivity index is 1.29. The molecule has 1 aliphatic carbocycles. The monoisotopic (exact) mass is 467 g/mol. The minimum atomic E-state index is -0.0864. The normalized spacial score (nSPS) is 23.7. The van der Waals surface area contributed by atoms with E-state index >= 15 is 0 Å². The first kappa shape index (κ1) is 24.8. The van der Waals surface area contributed by atoms with Gasteiger partial charge < -0.3 is 9.64 Å². The van der Waals surface area contributed by atoms with Gasteiger partial charge in [0.15, 0.2) is 0 Å². The summed E-state index contributed by atoms with van der Waals surface area (Å²) in [4.78, 5) is 31.7. The Morgan fingerprint density at radius 3 is 2.53 bits per heavy atom. The highest BCUT2D eigenvalue weighted by molar-refractivity contribution is 5.94. The highest BCUT2D eigenvalue weighted by Gasteiger charge is 2.36. The van der Waals surface area contributed by atoms with Crippen LogP contribution in [0.5, 0.6) is 0 Å². The average molecular weight is 468 g/mol. The van der Waals surface area contributed by atoms with Gasteiger partial charge in [-0.05, 0) is 88.0 Å². The summed E-state index contributed by atoms with van der Waals surface area (Å²) >= 11 is 0. The molecule has 2 aliphatic heterocycles. The van der Waals surface area contributed by atoms with Crippen LogP contribution in [0.1, 0.15) is 63.5 Å². The quantitative estimate of drug-likeness (QED) is 0.407. The minimum Gasteiger partial charge on any atom is -0.463 e. The number of carbonyl (C=O) groups excluding carboxylic acids is 2. The van der Waals surface area contributed by atoms with Gasteiger partial charge in [-0.2, -0.15) is 0 Å². The second kappa shape index (κ2) is 11.4. The standard InChI is InChI=1S/C28H41N3O3/c1-4-15-29-16-13-23-8-11-26(20-24(23)14-17-29)31-19-18-30(28(31)33)25-9-5-22(6-10-25)7-12-27(32)34-21(2)3/h4,8,11,20-22,25H,1,5-7,9-10,12-19H2,2-3H3. The summed E-state index contributed by atoms with van der Waals surface area (Å²) in [6.45, 7) is 12.3. The number of ether oxygens (including phenoxy) is 1. The van der Waals surface area contributed by atoms with E-state index in [1.165, 1.54) is 11.1 Å². The molecule has 1 aromatic carbocycles. The third-order valence-corrected chi connectivity index (χ3v) is 7.71. The molecule has 0 spiro atoms. The maximum atomic E-state index is 13.3. The molecular formula is C28H41N3O3. The van der Waals surface area contributed by atoms with Gasteiger partial charge in [0.05, 0.1) is 6.10 Å². The summed E-state index contributed by atoms with van der Waals surface area (Å²) in [5.41, 5.74) is 3.84. The molecule has 6 heteroatoms. The smallest absolute Gasteiger partial charge is 0.324 e. The number of hydrogen-bond donors (Lipinski definition) is 0. The molecule has 1 saturated carbocycles. The zero-order chi connectivity index (χ0) is 24.1. The fraction of sp³-hybridized carbons (Fsp3) is 0.643. The van der Waals surface area contributed by atoms with Crippen LogP contribution in [0.4, 0.5) is 10.5 Å². The number of carbonyl (C=O) groups is 2. The summed E-state index contributed by atoms with van der Waals surface area (Å²) in [5.74, 6) is 0.478. The number of amides is 2. The number of fused-ring (bicyclic) bond motifs is 1. The second-order valence-electron chi connectivity index (χ2n) is 10.4. The molecule has 0 aromatic heterocycles. The topological polar surface area (TPSA) is 53.1 Å². The maximum Gasteiger partial charge on any atom is 0.324 e. The molecule has 0 atom stereocenters. The Bertz CT molecular complexity index is 876. The lowest BCUT2D eigenvalue weighted by atomic mass is 9.83. The lowest BCUT2D eigenvalue weighted by molar-refractivity contribution is -0.147. The van der Waals surface area contributed by atoms with Gasteiger partial charge in [0, 0.05) is 50.9 Å². The van der Waals surface area contributed by atoms with Gasteiger partial charge in [0.2, 0.25) is 0 Å². The van der Waals surface area contributed by atoms with Gasteiger partial charge in [-0.3, -0.25) is 14.6 Å². The van der Waals surface area contributed by atoms with Crippen LogP contribution in [-0.2, 0) is 22.4 Å². The molecule has 186 valence electrons. The van der Waals surface area contributed by atoms with Crippen LogP contribution < -0.4 is 4.90 Å². The van der Waals surface area contributed by atoms with E-state index in [-0.39, 0.29) is 18.1 Å². The van der Waals surface area contributed by atoms with E-state index in [4.69, 9.17) is 4.74 Å². The van der Waals surface area contributed by atoms with Crippen LogP contribution in [-0.4, -0.2) is 66.7 Å². The molecule has 6 nitrogen and oxygen atoms in total. The van der Waals surface area contributed by atoms with E-state index < -0.39 is 0 Å². The van der Waals surface area contributed by atoms with E-state index in [9.17, 15) is 9.59 Å². The molecule has 2 heterocycles. The fourth-order valence-corrected chi connectivity index (χ4v) is 5.81. The van der Waals surface area contributed by atoms with Crippen LogP contribution in [0.25, 0.3) is 0 Å². The third-order valence-electron chi connectivity index (χ3n) is 7.71. The Morgan fingerprint density at radius 1 is 1.09 bits per heavy atom. The Kier molecular flexibility index (Phi) is 8.30. The van der Waals surface area contributed by atoms with Crippen molar-refractivity contribution in [2.24, 2.45) is 5.92 Å². The van der Waals surface area contributed by atoms with Crippen LogP contribution in [0, 0.1) is 5.92 Å². The average Bonchev–Trinajstić information content (AvgIpc) is 3.08. The summed E-state index contributed by atoms with van der Waals surface area (Å²) in [5, 5.41) is 0. The molecular weight excluding hydrogens is 426 g/mol. The largest absolute Gasteiger partial charge is 0.463 e. The summed E-state index contributed by atoms with van der Waals surface area (Å²) in [7, 11) is 0. The zero-order valence-electron chi connectivity index (χ0n) is 21.0. The molecule has 2 fully saturated rings. The number of hydrogen-bond acceptors (Lipinski definition) is 4. The van der Waals surface area contributed by atoms with Crippen molar-refractivity contribution in [3.8, 4) is 0 Å². The molecule has 1 aromatic rings. The van der Waals surface area contributed by atoms with Crippen LogP contribution in [0.3, 0.4) is 0 Å². The van der Waals surface area contributed by atoms with E-state index in [0.717, 1.165) is 83.4 Å². The van der Waals surface area contributed by atoms with E-state index in [2.05, 4.69) is 34.6 Å². The maximum absolute atomic E-state index is 13.3. The van der Waals surface area contributed by atoms with Gasteiger partial charge in [-0.1, -0.05) is 12.1 Å². The summed E-state index contributed by atoms with van der Waals surface area (Å²) in [6, 6.07) is 7.10. The predicted octanol–water partition coefficient (Wildman–Crippen LogP) is 4.81. The number of urea groups is 1. The number of rotatable bonds is 8.